The van der Waals surface area contributed by atoms with Gasteiger partial charge >= 0.3 is 0 Å². The van der Waals surface area contributed by atoms with Crippen molar-refractivity contribution in [3.63, 3.8) is 0 Å². The maximum Gasteiger partial charge on any atom is 0.259 e. The van der Waals surface area contributed by atoms with E-state index in [0.717, 1.165) is 38.5 Å². The lowest BCUT2D eigenvalue weighted by atomic mass is 10.1. The summed E-state index contributed by atoms with van der Waals surface area (Å²) in [6, 6.07) is 17.7. The summed E-state index contributed by atoms with van der Waals surface area (Å²) in [6.07, 6.45) is 0. The molecule has 6 nitrogen and oxygen atoms in total. The van der Waals surface area contributed by atoms with Gasteiger partial charge in [0.05, 0.1) is 45.0 Å². The Morgan fingerprint density at radius 2 is 1.68 bits per heavy atom. The van der Waals surface area contributed by atoms with Gasteiger partial charge in [-0.2, -0.15) is 10.2 Å². The largest absolute Gasteiger partial charge is 0.322 e. The van der Waals surface area contributed by atoms with Gasteiger partial charge in [0.2, 0.25) is 0 Å². The number of aryl methyl sites for hydroxylation is 2. The van der Waals surface area contributed by atoms with E-state index in [1.54, 1.807) is 4.68 Å². The van der Waals surface area contributed by atoms with E-state index in [1.165, 1.54) is 0 Å². The van der Waals surface area contributed by atoms with Gasteiger partial charge in [-0.15, -0.1) is 0 Å². The van der Waals surface area contributed by atoms with Crippen LogP contribution in [0, 0.1) is 27.7 Å². The van der Waals surface area contributed by atoms with Crippen molar-refractivity contribution < 1.29 is 4.79 Å². The first-order valence-corrected chi connectivity index (χ1v) is 10.9. The third-order valence-electron chi connectivity index (χ3n) is 5.33. The van der Waals surface area contributed by atoms with Crippen LogP contribution in [-0.4, -0.2) is 25.5 Å². The summed E-state index contributed by atoms with van der Waals surface area (Å²) >= 11 is 3.57. The second kappa shape index (κ2) is 8.51. The van der Waals surface area contributed by atoms with Gasteiger partial charge in [0, 0.05) is 5.69 Å². The van der Waals surface area contributed by atoms with E-state index in [-0.39, 0.29) is 5.91 Å². The molecule has 0 aliphatic rings. The van der Waals surface area contributed by atoms with Gasteiger partial charge in [-0.25, -0.2) is 4.68 Å². The summed E-state index contributed by atoms with van der Waals surface area (Å²) in [7, 11) is 0. The van der Waals surface area contributed by atoms with Crippen LogP contribution >= 0.6 is 15.9 Å². The number of hydrogen-bond acceptors (Lipinski definition) is 3. The Labute approximate surface area is 190 Å². The van der Waals surface area contributed by atoms with Crippen molar-refractivity contribution in [1.29, 1.82) is 0 Å². The summed E-state index contributed by atoms with van der Waals surface area (Å²) in [5.74, 6) is -0.164. The van der Waals surface area contributed by atoms with Gasteiger partial charge in [0.15, 0.2) is 0 Å². The number of amides is 1. The summed E-state index contributed by atoms with van der Waals surface area (Å²) in [5.41, 5.74) is 6.87. The molecule has 2 heterocycles. The van der Waals surface area contributed by atoms with Crippen molar-refractivity contribution in [3.05, 3.63) is 93.0 Å². The van der Waals surface area contributed by atoms with Crippen LogP contribution in [0.4, 0.5) is 5.69 Å². The molecule has 0 fully saturated rings. The minimum atomic E-state index is -0.164. The highest BCUT2D eigenvalue weighted by molar-refractivity contribution is 9.10. The molecule has 1 N–H and O–H groups in total. The summed E-state index contributed by atoms with van der Waals surface area (Å²) in [6.45, 7) is 8.42. The molecule has 7 heteroatoms. The fraction of sp³-hybridized carbons (Fsp3) is 0.208. The molecule has 2 aromatic carbocycles. The van der Waals surface area contributed by atoms with Gasteiger partial charge < -0.3 is 5.32 Å². The van der Waals surface area contributed by atoms with E-state index in [2.05, 4.69) is 31.4 Å². The maximum absolute atomic E-state index is 13.1. The van der Waals surface area contributed by atoms with Crippen molar-refractivity contribution in [3.8, 4) is 5.69 Å². The fourth-order valence-electron chi connectivity index (χ4n) is 3.73. The molecule has 0 bridgehead atoms. The molecule has 0 aliphatic heterocycles. The summed E-state index contributed by atoms with van der Waals surface area (Å²) < 4.78 is 4.79. The number of nitrogens with one attached hydrogen (secondary N) is 1. The number of carbonyl (C=O) groups is 1. The van der Waals surface area contributed by atoms with E-state index >= 15 is 0 Å². The number of anilines is 1. The molecule has 158 valence electrons. The lowest BCUT2D eigenvalue weighted by molar-refractivity contribution is 0.102. The zero-order chi connectivity index (χ0) is 22.1. The molecule has 0 atom stereocenters. The predicted octanol–water partition coefficient (Wildman–Crippen LogP) is 5.37. The first-order valence-electron chi connectivity index (χ1n) is 10.1. The minimum absolute atomic E-state index is 0.164. The van der Waals surface area contributed by atoms with Crippen LogP contribution in [0.1, 0.15) is 38.7 Å². The number of halogens is 1. The Hall–Kier alpha value is -3.19. The molecule has 4 rings (SSSR count). The van der Waals surface area contributed by atoms with E-state index < -0.39 is 0 Å². The van der Waals surface area contributed by atoms with Crippen LogP contribution in [-0.2, 0) is 6.54 Å². The Balaban J connectivity index is 1.56. The third kappa shape index (κ3) is 4.18. The van der Waals surface area contributed by atoms with E-state index in [4.69, 9.17) is 0 Å². The highest BCUT2D eigenvalue weighted by atomic mass is 79.9. The topological polar surface area (TPSA) is 64.7 Å². The minimum Gasteiger partial charge on any atom is -0.322 e. The number of carbonyl (C=O) groups excluding carboxylic acids is 1. The summed E-state index contributed by atoms with van der Waals surface area (Å²) in [4.78, 5) is 13.1. The van der Waals surface area contributed by atoms with Crippen LogP contribution in [0.25, 0.3) is 5.69 Å². The Bertz CT molecular complexity index is 1260. The monoisotopic (exact) mass is 477 g/mol. The molecule has 0 unspecified atom stereocenters. The number of rotatable bonds is 5. The van der Waals surface area contributed by atoms with Gasteiger partial charge in [-0.05, 0) is 73.5 Å². The first-order chi connectivity index (χ1) is 14.8. The Kier molecular flexibility index (Phi) is 5.78. The molecule has 4 aromatic rings. The molecule has 31 heavy (non-hydrogen) atoms. The maximum atomic E-state index is 13.1. The quantitative estimate of drug-likeness (QED) is 0.420. The highest BCUT2D eigenvalue weighted by Gasteiger charge is 2.19. The van der Waals surface area contributed by atoms with E-state index in [9.17, 15) is 4.79 Å². The number of nitrogens with zero attached hydrogens (tertiary/aromatic N) is 4. The molecule has 0 spiro atoms. The average molecular weight is 478 g/mol. The molecule has 2 aromatic heterocycles. The van der Waals surface area contributed by atoms with Crippen LogP contribution in [0.15, 0.2) is 59.1 Å². The van der Waals surface area contributed by atoms with Crippen LogP contribution < -0.4 is 5.32 Å². The Morgan fingerprint density at radius 3 is 2.35 bits per heavy atom. The smallest absolute Gasteiger partial charge is 0.259 e. The van der Waals surface area contributed by atoms with Gasteiger partial charge in [0.1, 0.15) is 0 Å². The van der Waals surface area contributed by atoms with E-state index in [1.807, 2.05) is 87.0 Å². The molecule has 1 amide bonds. The third-order valence-corrected chi connectivity index (χ3v) is 6.48. The predicted molar refractivity (Wildman–Crippen MR) is 126 cm³/mol. The van der Waals surface area contributed by atoms with Crippen molar-refractivity contribution in [2.75, 3.05) is 5.32 Å². The number of benzene rings is 2. The molecular weight excluding hydrogens is 454 g/mol. The number of aromatic nitrogens is 4. The SMILES string of the molecule is Cc1nn(Cc2cccc(NC(=O)c3c(C)nn(-c4ccccc4)c3C)c2)c(C)c1Br. The van der Waals surface area contributed by atoms with Crippen molar-refractivity contribution in [2.24, 2.45) is 0 Å². The van der Waals surface area contributed by atoms with Gasteiger partial charge in [-0.3, -0.25) is 9.48 Å². The normalized spacial score (nSPS) is 11.0. The second-order valence-corrected chi connectivity index (χ2v) is 8.38. The van der Waals surface area contributed by atoms with Gasteiger partial charge in [-0.1, -0.05) is 30.3 Å². The van der Waals surface area contributed by atoms with E-state index in [0.29, 0.717) is 17.8 Å². The number of hydrogen-bond donors (Lipinski definition) is 1. The molecule has 0 saturated heterocycles. The van der Waals surface area contributed by atoms with Crippen molar-refractivity contribution in [1.82, 2.24) is 19.6 Å². The van der Waals surface area contributed by atoms with Crippen LogP contribution in [0.2, 0.25) is 0 Å². The van der Waals surface area contributed by atoms with Crippen molar-refractivity contribution in [2.45, 2.75) is 34.2 Å². The fourth-order valence-corrected chi connectivity index (χ4v) is 4.02. The molecule has 0 radical (unpaired) electrons. The van der Waals surface area contributed by atoms with Crippen LogP contribution in [0.5, 0.6) is 0 Å². The first kappa shape index (κ1) is 21.1. The van der Waals surface area contributed by atoms with Crippen molar-refractivity contribution >= 4 is 27.5 Å². The standard InChI is InChI=1S/C24H24BrN5O/c1-15-22(17(3)30(28-15)21-11-6-5-7-12-21)24(31)26-20-10-8-9-19(13-20)14-29-18(4)23(25)16(2)27-29/h5-13H,14H2,1-4H3,(H,26,31). The zero-order valence-electron chi connectivity index (χ0n) is 18.0. The lowest BCUT2D eigenvalue weighted by Crippen LogP contribution is -2.14. The van der Waals surface area contributed by atoms with Gasteiger partial charge in [0.25, 0.3) is 5.91 Å². The summed E-state index contributed by atoms with van der Waals surface area (Å²) in [5, 5.41) is 12.2. The molecule has 0 aliphatic carbocycles. The highest BCUT2D eigenvalue weighted by Crippen LogP contribution is 2.22. The molecule has 0 saturated carbocycles. The second-order valence-electron chi connectivity index (χ2n) is 7.59. The number of para-hydroxylation sites is 1. The Morgan fingerprint density at radius 1 is 0.935 bits per heavy atom. The zero-order valence-corrected chi connectivity index (χ0v) is 19.6. The van der Waals surface area contributed by atoms with Crippen LogP contribution in [0.3, 0.4) is 0 Å². The lowest BCUT2D eigenvalue weighted by Gasteiger charge is -2.09. The molecular formula is C24H24BrN5O. The average Bonchev–Trinajstić information content (AvgIpc) is 3.18.